The van der Waals surface area contributed by atoms with E-state index in [0.29, 0.717) is 6.42 Å². The number of anilines is 1. The van der Waals surface area contributed by atoms with Gasteiger partial charge < -0.3 is 0 Å². The Bertz CT molecular complexity index is 820. The standard InChI is InChI=1S/C11H13N3O4S/c1-2-6-19(17,18)14-8-5-3-4-7-9(8)11(16)13-12-10(7)15/h3-5,14H,2,6H2,1H3,(H,12,15)(H,13,16). The van der Waals surface area contributed by atoms with E-state index in [2.05, 4.69) is 14.9 Å². The van der Waals surface area contributed by atoms with Crippen LogP contribution >= 0.6 is 0 Å². The summed E-state index contributed by atoms with van der Waals surface area (Å²) in [5.41, 5.74) is -0.922. The van der Waals surface area contributed by atoms with Crippen LogP contribution in [0.4, 0.5) is 5.69 Å². The Labute approximate surface area is 108 Å². The lowest BCUT2D eigenvalue weighted by Crippen LogP contribution is -2.22. The molecule has 1 aromatic carbocycles. The summed E-state index contributed by atoms with van der Waals surface area (Å²) in [7, 11) is -3.52. The number of sulfonamides is 1. The highest BCUT2D eigenvalue weighted by molar-refractivity contribution is 7.92. The number of aromatic nitrogens is 2. The molecule has 0 aliphatic heterocycles. The second-order valence-corrected chi connectivity index (χ2v) is 5.90. The van der Waals surface area contributed by atoms with Crippen LogP contribution in [0, 0.1) is 0 Å². The molecule has 8 heteroatoms. The van der Waals surface area contributed by atoms with Gasteiger partial charge in [0.15, 0.2) is 0 Å². The van der Waals surface area contributed by atoms with Gasteiger partial charge in [-0.3, -0.25) is 24.5 Å². The zero-order valence-electron chi connectivity index (χ0n) is 10.2. The van der Waals surface area contributed by atoms with Crippen molar-refractivity contribution in [1.82, 2.24) is 10.2 Å². The van der Waals surface area contributed by atoms with Crippen molar-refractivity contribution in [2.75, 3.05) is 10.5 Å². The minimum Gasteiger partial charge on any atom is -0.283 e. The fraction of sp³-hybridized carbons (Fsp3) is 0.273. The predicted molar refractivity (Wildman–Crippen MR) is 72.9 cm³/mol. The van der Waals surface area contributed by atoms with Crippen LogP contribution in [-0.2, 0) is 10.0 Å². The van der Waals surface area contributed by atoms with E-state index in [9.17, 15) is 18.0 Å². The quantitative estimate of drug-likeness (QED) is 0.752. The van der Waals surface area contributed by atoms with E-state index in [1.807, 2.05) is 0 Å². The molecule has 0 atom stereocenters. The van der Waals surface area contributed by atoms with Gasteiger partial charge in [0.25, 0.3) is 11.1 Å². The molecule has 2 aromatic rings. The molecule has 0 aliphatic rings. The van der Waals surface area contributed by atoms with Crippen molar-refractivity contribution in [3.63, 3.8) is 0 Å². The van der Waals surface area contributed by atoms with Gasteiger partial charge in [-0.1, -0.05) is 13.0 Å². The maximum atomic E-state index is 11.7. The SMILES string of the molecule is CCCS(=O)(=O)Nc1cccc2c(=O)[nH][nH]c(=O)c12. The van der Waals surface area contributed by atoms with E-state index in [1.165, 1.54) is 18.2 Å². The number of fused-ring (bicyclic) bond motifs is 1. The molecule has 1 heterocycles. The summed E-state index contributed by atoms with van der Waals surface area (Å²) >= 11 is 0. The lowest BCUT2D eigenvalue weighted by atomic mass is 10.2. The van der Waals surface area contributed by atoms with E-state index in [4.69, 9.17) is 0 Å². The van der Waals surface area contributed by atoms with E-state index in [1.54, 1.807) is 6.92 Å². The molecule has 0 radical (unpaired) electrons. The van der Waals surface area contributed by atoms with Gasteiger partial charge in [0.2, 0.25) is 10.0 Å². The highest BCUT2D eigenvalue weighted by Gasteiger charge is 2.13. The first kappa shape index (κ1) is 13.3. The predicted octanol–water partition coefficient (Wildman–Crippen LogP) is 0.368. The van der Waals surface area contributed by atoms with Crippen LogP contribution in [0.15, 0.2) is 27.8 Å². The first-order valence-corrected chi connectivity index (χ1v) is 7.34. The summed E-state index contributed by atoms with van der Waals surface area (Å²) in [6, 6.07) is 4.42. The molecule has 7 nitrogen and oxygen atoms in total. The van der Waals surface area contributed by atoms with Gasteiger partial charge in [0.1, 0.15) is 0 Å². The number of hydrogen-bond acceptors (Lipinski definition) is 4. The first-order chi connectivity index (χ1) is 8.94. The number of nitrogens with one attached hydrogen (secondary N) is 3. The first-order valence-electron chi connectivity index (χ1n) is 5.69. The highest BCUT2D eigenvalue weighted by atomic mass is 32.2. The summed E-state index contributed by atoms with van der Waals surface area (Å²) in [5, 5.41) is 4.53. The minimum atomic E-state index is -3.52. The van der Waals surface area contributed by atoms with Crippen LogP contribution in [0.3, 0.4) is 0 Å². The molecule has 2 rings (SSSR count). The fourth-order valence-electron chi connectivity index (χ4n) is 1.80. The highest BCUT2D eigenvalue weighted by Crippen LogP contribution is 2.18. The molecule has 0 saturated carbocycles. The Morgan fingerprint density at radius 1 is 1.16 bits per heavy atom. The molecular formula is C11H13N3O4S. The zero-order valence-corrected chi connectivity index (χ0v) is 11.0. The third-order valence-electron chi connectivity index (χ3n) is 2.56. The lowest BCUT2D eigenvalue weighted by Gasteiger charge is -2.08. The molecule has 0 amide bonds. The fourth-order valence-corrected chi connectivity index (χ4v) is 2.95. The third-order valence-corrected chi connectivity index (χ3v) is 4.04. The third kappa shape index (κ3) is 2.68. The van der Waals surface area contributed by atoms with Crippen LogP contribution in [0.5, 0.6) is 0 Å². The van der Waals surface area contributed by atoms with Gasteiger partial charge in [0.05, 0.1) is 22.2 Å². The van der Waals surface area contributed by atoms with Crippen LogP contribution in [0.1, 0.15) is 13.3 Å². The number of rotatable bonds is 4. The van der Waals surface area contributed by atoms with Crippen LogP contribution in [-0.4, -0.2) is 24.4 Å². The summed E-state index contributed by atoms with van der Waals surface area (Å²) < 4.78 is 25.8. The second kappa shape index (κ2) is 4.88. The summed E-state index contributed by atoms with van der Waals surface area (Å²) in [6.07, 6.45) is 0.455. The van der Waals surface area contributed by atoms with E-state index in [-0.39, 0.29) is 22.2 Å². The maximum Gasteiger partial charge on any atom is 0.272 e. The molecule has 102 valence electrons. The molecule has 0 spiro atoms. The monoisotopic (exact) mass is 283 g/mol. The topological polar surface area (TPSA) is 112 Å². The van der Waals surface area contributed by atoms with E-state index < -0.39 is 21.1 Å². The Balaban J connectivity index is 2.66. The van der Waals surface area contributed by atoms with Gasteiger partial charge in [-0.05, 0) is 18.6 Å². The van der Waals surface area contributed by atoms with Crippen molar-refractivity contribution in [1.29, 1.82) is 0 Å². The van der Waals surface area contributed by atoms with Crippen LogP contribution < -0.4 is 15.8 Å². The summed E-state index contributed by atoms with van der Waals surface area (Å²) in [4.78, 5) is 23.3. The average Bonchev–Trinajstić information content (AvgIpc) is 2.33. The molecular weight excluding hydrogens is 270 g/mol. The average molecular weight is 283 g/mol. The van der Waals surface area contributed by atoms with E-state index in [0.717, 1.165) is 0 Å². The lowest BCUT2D eigenvalue weighted by molar-refractivity contribution is 0.600. The van der Waals surface area contributed by atoms with Gasteiger partial charge in [-0.2, -0.15) is 0 Å². The Morgan fingerprint density at radius 2 is 1.84 bits per heavy atom. The van der Waals surface area contributed by atoms with E-state index >= 15 is 0 Å². The minimum absolute atomic E-state index is 0.0333. The van der Waals surface area contributed by atoms with Crippen molar-refractivity contribution in [2.45, 2.75) is 13.3 Å². The van der Waals surface area contributed by atoms with Gasteiger partial charge in [-0.25, -0.2) is 8.42 Å². The number of aromatic amines is 2. The number of benzene rings is 1. The second-order valence-electron chi connectivity index (χ2n) is 4.06. The molecule has 3 N–H and O–H groups in total. The Morgan fingerprint density at radius 3 is 2.53 bits per heavy atom. The molecule has 0 aliphatic carbocycles. The van der Waals surface area contributed by atoms with Gasteiger partial charge >= 0.3 is 0 Å². The summed E-state index contributed by atoms with van der Waals surface area (Å²) in [5.74, 6) is -0.0511. The molecule has 0 saturated heterocycles. The van der Waals surface area contributed by atoms with Gasteiger partial charge in [0, 0.05) is 0 Å². The van der Waals surface area contributed by atoms with Crippen molar-refractivity contribution in [3.8, 4) is 0 Å². The molecule has 19 heavy (non-hydrogen) atoms. The van der Waals surface area contributed by atoms with Crippen molar-refractivity contribution >= 4 is 26.5 Å². The normalized spacial score (nSPS) is 11.6. The van der Waals surface area contributed by atoms with Gasteiger partial charge in [-0.15, -0.1) is 0 Å². The number of H-pyrrole nitrogens is 2. The Kier molecular flexibility index (Phi) is 3.43. The maximum absolute atomic E-state index is 11.7. The smallest absolute Gasteiger partial charge is 0.272 e. The zero-order chi connectivity index (χ0) is 14.0. The summed E-state index contributed by atoms with van der Waals surface area (Å²) in [6.45, 7) is 1.74. The molecule has 1 aromatic heterocycles. The Hall–Kier alpha value is -2.09. The molecule has 0 unspecified atom stereocenters. The van der Waals surface area contributed by atoms with Crippen LogP contribution in [0.25, 0.3) is 10.8 Å². The number of hydrogen-bond donors (Lipinski definition) is 3. The van der Waals surface area contributed by atoms with Crippen LogP contribution in [0.2, 0.25) is 0 Å². The van der Waals surface area contributed by atoms with Crippen molar-refractivity contribution in [3.05, 3.63) is 38.9 Å². The largest absolute Gasteiger partial charge is 0.283 e. The van der Waals surface area contributed by atoms with Crippen molar-refractivity contribution < 1.29 is 8.42 Å². The molecule has 0 fully saturated rings. The van der Waals surface area contributed by atoms with Crippen molar-refractivity contribution in [2.24, 2.45) is 0 Å². The molecule has 0 bridgehead atoms.